The second-order valence-electron chi connectivity index (χ2n) is 8.72. The molecule has 1 aromatic carbocycles. The van der Waals surface area contributed by atoms with Gasteiger partial charge in [0.15, 0.2) is 5.13 Å². The zero-order valence-electron chi connectivity index (χ0n) is 16.9. The van der Waals surface area contributed by atoms with Gasteiger partial charge in [0.1, 0.15) is 0 Å². The van der Waals surface area contributed by atoms with Crippen molar-refractivity contribution in [2.75, 3.05) is 11.4 Å². The third-order valence-electron chi connectivity index (χ3n) is 5.44. The molecule has 1 unspecified atom stereocenters. The first-order valence-electron chi connectivity index (χ1n) is 9.50. The first kappa shape index (κ1) is 19.9. The van der Waals surface area contributed by atoms with Crippen LogP contribution in [0, 0.1) is 24.4 Å². The summed E-state index contributed by atoms with van der Waals surface area (Å²) in [4.78, 5) is 15.7. The minimum atomic E-state index is -0.326. The van der Waals surface area contributed by atoms with Crippen LogP contribution in [0.3, 0.4) is 0 Å². The summed E-state index contributed by atoms with van der Waals surface area (Å²) in [5.41, 5.74) is 11.0. The number of benzene rings is 1. The van der Waals surface area contributed by atoms with Crippen molar-refractivity contribution in [3.05, 3.63) is 50.5 Å². The lowest BCUT2D eigenvalue weighted by Crippen LogP contribution is -2.33. The van der Waals surface area contributed by atoms with Crippen LogP contribution in [0.4, 0.5) is 10.1 Å². The van der Waals surface area contributed by atoms with Gasteiger partial charge >= 0.3 is 0 Å². The maximum absolute atomic E-state index is 13.7. The van der Waals surface area contributed by atoms with Gasteiger partial charge in [-0.3, -0.25) is 4.79 Å². The molecule has 146 valence electrons. The van der Waals surface area contributed by atoms with Gasteiger partial charge in [0.05, 0.1) is 5.92 Å². The highest BCUT2D eigenvalue weighted by molar-refractivity contribution is 7.10. The molecule has 1 atom stereocenters. The monoisotopic (exact) mass is 388 g/mol. The van der Waals surface area contributed by atoms with E-state index in [2.05, 4.69) is 51.7 Å². The number of nitrogens with two attached hydrogens (primary N) is 1. The number of amides is 1. The van der Waals surface area contributed by atoms with Crippen molar-refractivity contribution in [2.24, 2.45) is 11.1 Å². The summed E-state index contributed by atoms with van der Waals surface area (Å²) in [5.74, 6) is -0.608. The summed E-state index contributed by atoms with van der Waals surface area (Å²) < 4.78 is 13.7. The number of rotatable bonds is 3. The number of nitrogens with zero attached hydrogens (tertiary/aromatic N) is 1. The van der Waals surface area contributed by atoms with Crippen molar-refractivity contribution < 1.29 is 9.18 Å². The number of fused-ring (bicyclic) bond motifs is 1. The fourth-order valence-electron chi connectivity index (χ4n) is 4.30. The number of aryl methyl sites for hydroxylation is 3. The first-order valence-corrected chi connectivity index (χ1v) is 10.3. The number of carbonyl (C=O) groups excluding carboxylic acids is 1. The van der Waals surface area contributed by atoms with Crippen LogP contribution in [0.5, 0.6) is 0 Å². The second kappa shape index (κ2) is 7.27. The lowest BCUT2D eigenvalue weighted by atomic mass is 9.73. The van der Waals surface area contributed by atoms with Gasteiger partial charge in [-0.15, -0.1) is 11.3 Å². The van der Waals surface area contributed by atoms with Crippen LogP contribution in [-0.4, -0.2) is 12.5 Å². The Labute approximate surface area is 165 Å². The SMILES string of the molecule is Cc1cc(N2CCCc3sc(F)cc3C2)cc(C)c1C(C(N)=O)C(C)(C)C. The Hall–Kier alpha value is -1.88. The fourth-order valence-corrected chi connectivity index (χ4v) is 5.24. The highest BCUT2D eigenvalue weighted by Crippen LogP contribution is 2.40. The van der Waals surface area contributed by atoms with Crippen LogP contribution < -0.4 is 10.6 Å². The number of halogens is 1. The van der Waals surface area contributed by atoms with Gasteiger partial charge in [0.25, 0.3) is 0 Å². The summed E-state index contributed by atoms with van der Waals surface area (Å²) in [7, 11) is 0. The Morgan fingerprint density at radius 2 is 1.85 bits per heavy atom. The second-order valence-corrected chi connectivity index (χ2v) is 9.81. The molecule has 1 aliphatic heterocycles. The van der Waals surface area contributed by atoms with Gasteiger partial charge in [-0.25, -0.2) is 0 Å². The van der Waals surface area contributed by atoms with Crippen LogP contribution in [0.25, 0.3) is 0 Å². The molecule has 5 heteroatoms. The molecular weight excluding hydrogens is 359 g/mol. The standard InChI is InChI=1S/C22H29FN2OS/c1-13-9-16(10-14(2)19(13)20(21(24)26)22(3,4)5)25-8-6-7-17-15(12-25)11-18(23)27-17/h9-11,20H,6-8,12H2,1-5H3,(H2,24,26). The van der Waals surface area contributed by atoms with E-state index >= 15 is 0 Å². The topological polar surface area (TPSA) is 46.3 Å². The van der Waals surface area contributed by atoms with Crippen LogP contribution in [-0.2, 0) is 17.8 Å². The summed E-state index contributed by atoms with van der Waals surface area (Å²) in [6.07, 6.45) is 1.95. The Morgan fingerprint density at radius 3 is 2.41 bits per heavy atom. The number of carbonyl (C=O) groups is 1. The molecule has 0 aliphatic carbocycles. The van der Waals surface area contributed by atoms with Crippen molar-refractivity contribution >= 4 is 22.9 Å². The third-order valence-corrected chi connectivity index (χ3v) is 6.47. The van der Waals surface area contributed by atoms with Gasteiger partial charge in [-0.05, 0) is 72.6 Å². The fraction of sp³-hybridized carbons (Fsp3) is 0.500. The quantitative estimate of drug-likeness (QED) is 0.798. The summed E-state index contributed by atoms with van der Waals surface area (Å²) >= 11 is 1.27. The lowest BCUT2D eigenvalue weighted by molar-refractivity contribution is -0.121. The predicted octanol–water partition coefficient (Wildman–Crippen LogP) is 5.07. The Balaban J connectivity index is 1.98. The molecule has 2 N–H and O–H groups in total. The molecular formula is C22H29FN2OS. The molecule has 0 bridgehead atoms. The maximum atomic E-state index is 13.7. The van der Waals surface area contributed by atoms with Gasteiger partial charge in [-0.2, -0.15) is 4.39 Å². The van der Waals surface area contributed by atoms with E-state index in [0.717, 1.165) is 53.9 Å². The Morgan fingerprint density at radius 1 is 1.22 bits per heavy atom. The smallest absolute Gasteiger partial charge is 0.225 e. The predicted molar refractivity (Wildman–Crippen MR) is 111 cm³/mol. The number of primary amides is 1. The van der Waals surface area contributed by atoms with E-state index in [9.17, 15) is 9.18 Å². The molecule has 0 saturated heterocycles. The molecule has 2 heterocycles. The number of hydrogen-bond donors (Lipinski definition) is 1. The normalized spacial score (nSPS) is 16.0. The first-order chi connectivity index (χ1) is 12.6. The molecule has 3 nitrogen and oxygen atoms in total. The van der Waals surface area contributed by atoms with Crippen LogP contribution >= 0.6 is 11.3 Å². The van der Waals surface area contributed by atoms with Gasteiger partial charge in [-0.1, -0.05) is 20.8 Å². The van der Waals surface area contributed by atoms with E-state index in [0.29, 0.717) is 0 Å². The van der Waals surface area contributed by atoms with Gasteiger partial charge in [0, 0.05) is 23.7 Å². The Bertz CT molecular complexity index is 843. The number of anilines is 1. The van der Waals surface area contributed by atoms with E-state index in [1.54, 1.807) is 6.07 Å². The van der Waals surface area contributed by atoms with E-state index in [1.807, 2.05) is 0 Å². The molecule has 0 saturated carbocycles. The van der Waals surface area contributed by atoms with Crippen LogP contribution in [0.15, 0.2) is 18.2 Å². The average molecular weight is 389 g/mol. The zero-order valence-corrected chi connectivity index (χ0v) is 17.7. The van der Waals surface area contributed by atoms with E-state index in [4.69, 9.17) is 5.73 Å². The summed E-state index contributed by atoms with van der Waals surface area (Å²) in [5, 5.41) is -0.0981. The molecule has 3 rings (SSSR count). The molecule has 27 heavy (non-hydrogen) atoms. The van der Waals surface area contributed by atoms with Gasteiger partial charge in [0.2, 0.25) is 5.91 Å². The molecule has 0 fully saturated rings. The molecule has 0 radical (unpaired) electrons. The molecule has 1 aromatic heterocycles. The van der Waals surface area contributed by atoms with Crippen LogP contribution in [0.1, 0.15) is 60.2 Å². The van der Waals surface area contributed by atoms with Crippen LogP contribution in [0.2, 0.25) is 0 Å². The molecule has 0 spiro atoms. The lowest BCUT2D eigenvalue weighted by Gasteiger charge is -2.32. The zero-order chi connectivity index (χ0) is 19.9. The highest BCUT2D eigenvalue weighted by atomic mass is 32.1. The average Bonchev–Trinajstić information content (AvgIpc) is 2.75. The van der Waals surface area contributed by atoms with Crippen molar-refractivity contribution in [1.29, 1.82) is 0 Å². The van der Waals surface area contributed by atoms with E-state index in [1.165, 1.54) is 16.2 Å². The van der Waals surface area contributed by atoms with Crippen molar-refractivity contribution in [2.45, 2.75) is 59.9 Å². The minimum Gasteiger partial charge on any atom is -0.369 e. The van der Waals surface area contributed by atoms with Gasteiger partial charge < -0.3 is 10.6 Å². The minimum absolute atomic E-state index is 0.0981. The summed E-state index contributed by atoms with van der Waals surface area (Å²) in [6.45, 7) is 11.9. The van der Waals surface area contributed by atoms with E-state index < -0.39 is 0 Å². The van der Waals surface area contributed by atoms with E-state index in [-0.39, 0.29) is 22.4 Å². The summed E-state index contributed by atoms with van der Waals surface area (Å²) in [6, 6.07) is 5.98. The third kappa shape index (κ3) is 4.03. The largest absolute Gasteiger partial charge is 0.369 e. The van der Waals surface area contributed by atoms with Crippen molar-refractivity contribution in [3.8, 4) is 0 Å². The molecule has 2 aromatic rings. The maximum Gasteiger partial charge on any atom is 0.225 e. The number of hydrogen-bond acceptors (Lipinski definition) is 3. The highest BCUT2D eigenvalue weighted by Gasteiger charge is 2.33. The van der Waals surface area contributed by atoms with Crippen molar-refractivity contribution in [1.82, 2.24) is 0 Å². The van der Waals surface area contributed by atoms with Crippen molar-refractivity contribution in [3.63, 3.8) is 0 Å². The molecule has 1 aliphatic rings. The Kier molecular flexibility index (Phi) is 5.35. The number of thiophene rings is 1. The molecule has 1 amide bonds.